The van der Waals surface area contributed by atoms with Gasteiger partial charge in [-0.15, -0.1) is 46.2 Å². The molecule has 252 valence electrons. The summed E-state index contributed by atoms with van der Waals surface area (Å²) in [6.07, 6.45) is 8.11. The van der Waals surface area contributed by atoms with Gasteiger partial charge in [-0.1, -0.05) is 117 Å². The van der Waals surface area contributed by atoms with Gasteiger partial charge in [-0.05, 0) is 10.8 Å². The van der Waals surface area contributed by atoms with Crippen molar-refractivity contribution in [1.82, 2.24) is 0 Å². The minimum absolute atomic E-state index is 0. The Balaban J connectivity index is 0.000000260. The summed E-state index contributed by atoms with van der Waals surface area (Å²) in [6.45, 7) is 20.3. The number of fused-ring (bicyclic) bond motifs is 3. The molecule has 1 aliphatic rings. The molecule has 0 N–H and O–H groups in total. The van der Waals surface area contributed by atoms with Crippen LogP contribution in [0.3, 0.4) is 0 Å². The Morgan fingerprint density at radius 3 is 1.42 bits per heavy atom. The standard InChI is InChI=1S/C21H25.C13H10.C11H17.2ClH.Zr/c1-20(2,3)16-7-9-18-14(12-16)11-15-13-17(21(4,5)6)8-10-19(15)18;1-3-7-12(8-4-1)11-13-9-5-2-6-10-13;1-4-9-7-8-10(5-2)11(9)6-3;;;/h7-13H,1-6H3;1-10H;4-7H2,1-3H3;2*1H;/q-1;;-1;;;+2/p-2. The van der Waals surface area contributed by atoms with Gasteiger partial charge in [-0.25, -0.2) is 5.57 Å². The first kappa shape index (κ1) is 41.7. The predicted molar refractivity (Wildman–Crippen MR) is 200 cm³/mol. The van der Waals surface area contributed by atoms with E-state index in [9.17, 15) is 0 Å². The summed E-state index contributed by atoms with van der Waals surface area (Å²) in [5.41, 5.74) is 10.6. The molecule has 0 amide bonds. The Labute approximate surface area is 318 Å². The van der Waals surface area contributed by atoms with Crippen molar-refractivity contribution in [2.24, 2.45) is 0 Å². The van der Waals surface area contributed by atoms with E-state index in [4.69, 9.17) is 0 Å². The molecule has 0 spiro atoms. The van der Waals surface area contributed by atoms with Gasteiger partial charge in [0.05, 0.1) is 0 Å². The van der Waals surface area contributed by atoms with Crippen LogP contribution in [0.25, 0.3) is 21.5 Å². The molecule has 6 rings (SSSR count). The summed E-state index contributed by atoms with van der Waals surface area (Å²) < 4.78 is 1.42. The quantitative estimate of drug-likeness (QED) is 0.174. The van der Waals surface area contributed by atoms with Gasteiger partial charge in [-0.3, -0.25) is 6.08 Å². The molecule has 0 heterocycles. The number of hydrogen-bond donors (Lipinski definition) is 0. The zero-order chi connectivity index (χ0) is 33.5. The van der Waals surface area contributed by atoms with Crippen LogP contribution in [0.1, 0.15) is 110 Å². The number of hydrogen-bond acceptors (Lipinski definition) is 0. The maximum atomic E-state index is 3.45. The number of halogens is 2. The molecule has 5 aromatic carbocycles. The summed E-state index contributed by atoms with van der Waals surface area (Å²) in [5, 5.41) is 5.48. The zero-order valence-corrected chi connectivity index (χ0v) is 34.4. The SMILES string of the molecule is CC(C)(C)c1ccc2c(c1)[cH-]c1cc(C(C)(C)C)ccc12.CCC1=[C-]CC(CC)=C1CC.[Cl-].[Cl-].[Zr+2]=[C](c1ccccc1)c1ccccc1. The molecule has 0 radical (unpaired) electrons. The Morgan fingerprint density at radius 1 is 0.625 bits per heavy atom. The van der Waals surface area contributed by atoms with E-state index in [1.807, 2.05) is 0 Å². The molecule has 0 aliphatic heterocycles. The fourth-order valence-electron chi connectivity index (χ4n) is 6.11. The molecule has 0 fully saturated rings. The summed E-state index contributed by atoms with van der Waals surface area (Å²) in [5.74, 6) is 0. The molecule has 0 saturated heterocycles. The summed E-state index contributed by atoms with van der Waals surface area (Å²) in [7, 11) is 0. The molecular formula is C45H52Cl2Zr-2. The van der Waals surface area contributed by atoms with Crippen molar-refractivity contribution in [1.29, 1.82) is 0 Å². The van der Waals surface area contributed by atoms with Crippen molar-refractivity contribution in [3.05, 3.63) is 148 Å². The average molecular weight is 755 g/mol. The molecule has 0 aromatic heterocycles. The Morgan fingerprint density at radius 2 is 1.06 bits per heavy atom. The molecule has 0 unspecified atom stereocenters. The van der Waals surface area contributed by atoms with Crippen LogP contribution in [0.5, 0.6) is 0 Å². The second kappa shape index (κ2) is 18.5. The average Bonchev–Trinajstić information content (AvgIpc) is 3.64. The van der Waals surface area contributed by atoms with Crippen LogP contribution in [-0.4, -0.2) is 3.21 Å². The van der Waals surface area contributed by atoms with Crippen LogP contribution in [-0.2, 0) is 35.1 Å². The van der Waals surface area contributed by atoms with E-state index in [2.05, 4.69) is 172 Å². The van der Waals surface area contributed by atoms with Crippen molar-refractivity contribution >= 4 is 24.8 Å². The van der Waals surface area contributed by atoms with Crippen LogP contribution in [0.15, 0.2) is 120 Å². The molecule has 48 heavy (non-hydrogen) atoms. The van der Waals surface area contributed by atoms with Crippen molar-refractivity contribution in [3.63, 3.8) is 0 Å². The second-order valence-corrected chi connectivity index (χ2v) is 15.6. The molecular weight excluding hydrogens is 703 g/mol. The number of allylic oxidation sites excluding steroid dienone is 4. The van der Waals surface area contributed by atoms with Gasteiger partial charge < -0.3 is 24.8 Å². The molecule has 0 nitrogen and oxygen atoms in total. The normalized spacial score (nSPS) is 12.7. The van der Waals surface area contributed by atoms with Crippen molar-refractivity contribution in [2.75, 3.05) is 0 Å². The van der Waals surface area contributed by atoms with Crippen molar-refractivity contribution in [3.8, 4) is 0 Å². The van der Waals surface area contributed by atoms with Crippen molar-refractivity contribution < 1.29 is 49.0 Å². The second-order valence-electron chi connectivity index (χ2n) is 14.3. The summed E-state index contributed by atoms with van der Waals surface area (Å²) >= 11 is 1.46. The van der Waals surface area contributed by atoms with Gasteiger partial charge in [0.25, 0.3) is 0 Å². The van der Waals surface area contributed by atoms with Crippen LogP contribution in [0, 0.1) is 6.08 Å². The van der Waals surface area contributed by atoms with Gasteiger partial charge in [-0.2, -0.15) is 11.1 Å². The third-order valence-corrected chi connectivity index (χ3v) is 10.4. The van der Waals surface area contributed by atoms with Crippen LogP contribution in [0.4, 0.5) is 0 Å². The first-order chi connectivity index (χ1) is 21.9. The van der Waals surface area contributed by atoms with Crippen molar-refractivity contribution in [2.45, 2.75) is 98.8 Å². The van der Waals surface area contributed by atoms with Crippen LogP contribution in [0.2, 0.25) is 0 Å². The van der Waals surface area contributed by atoms with Crippen LogP contribution >= 0.6 is 0 Å². The number of rotatable bonds is 5. The fourth-order valence-corrected chi connectivity index (χ4v) is 6.93. The molecule has 0 saturated carbocycles. The third kappa shape index (κ3) is 10.5. The molecule has 0 atom stereocenters. The van der Waals surface area contributed by atoms with E-state index in [0.29, 0.717) is 0 Å². The molecule has 0 bridgehead atoms. The van der Waals surface area contributed by atoms with Gasteiger partial charge in [0.15, 0.2) is 0 Å². The maximum absolute atomic E-state index is 3.45. The Kier molecular flexibility index (Phi) is 16.1. The zero-order valence-electron chi connectivity index (χ0n) is 30.4. The van der Waals surface area contributed by atoms with Gasteiger partial charge >= 0.3 is 99.2 Å². The summed E-state index contributed by atoms with van der Waals surface area (Å²) in [6, 6.07) is 37.3. The van der Waals surface area contributed by atoms with E-state index in [1.54, 1.807) is 11.1 Å². The van der Waals surface area contributed by atoms with Crippen LogP contribution < -0.4 is 24.8 Å². The first-order valence-electron chi connectivity index (χ1n) is 17.0. The number of benzene rings is 4. The molecule has 1 aliphatic carbocycles. The topological polar surface area (TPSA) is 0 Å². The Bertz CT molecular complexity index is 1720. The minimum atomic E-state index is 0. The third-order valence-electron chi connectivity index (χ3n) is 9.00. The monoisotopic (exact) mass is 752 g/mol. The first-order valence-corrected chi connectivity index (χ1v) is 18.2. The predicted octanol–water partition coefficient (Wildman–Crippen LogP) is 6.76. The van der Waals surface area contributed by atoms with E-state index >= 15 is 0 Å². The summed E-state index contributed by atoms with van der Waals surface area (Å²) in [4.78, 5) is 0. The molecule has 3 heteroatoms. The van der Waals surface area contributed by atoms with Gasteiger partial charge in [0, 0.05) is 0 Å². The van der Waals surface area contributed by atoms with E-state index in [-0.39, 0.29) is 35.6 Å². The fraction of sp³-hybridized carbons (Fsp3) is 0.333. The van der Waals surface area contributed by atoms with E-state index in [1.165, 1.54) is 89.7 Å². The van der Waals surface area contributed by atoms with E-state index < -0.39 is 0 Å². The molecule has 5 aromatic rings. The van der Waals surface area contributed by atoms with Gasteiger partial charge in [0.1, 0.15) is 0 Å². The Hall–Kier alpha value is -2.44. The van der Waals surface area contributed by atoms with Gasteiger partial charge in [0.2, 0.25) is 0 Å². The van der Waals surface area contributed by atoms with E-state index in [0.717, 1.165) is 12.8 Å².